The van der Waals surface area contributed by atoms with Crippen molar-refractivity contribution in [3.63, 3.8) is 0 Å². The summed E-state index contributed by atoms with van der Waals surface area (Å²) in [5.74, 6) is 1.15. The first kappa shape index (κ1) is 13.1. The highest BCUT2D eigenvalue weighted by molar-refractivity contribution is 9.10. The first-order valence-corrected chi connectivity index (χ1v) is 7.04. The summed E-state index contributed by atoms with van der Waals surface area (Å²) >= 11 is 3.58. The molecule has 1 aliphatic heterocycles. The van der Waals surface area contributed by atoms with Gasteiger partial charge in [0.1, 0.15) is 0 Å². The molecule has 0 amide bonds. The van der Waals surface area contributed by atoms with Gasteiger partial charge in [0.05, 0.1) is 0 Å². The van der Waals surface area contributed by atoms with Crippen LogP contribution in [0, 0.1) is 11.8 Å². The molecule has 2 N–H and O–H groups in total. The smallest absolute Gasteiger partial charge is 0.0494 e. The quantitative estimate of drug-likeness (QED) is 0.931. The third-order valence-electron chi connectivity index (χ3n) is 3.67. The minimum absolute atomic E-state index is 0.229. The lowest BCUT2D eigenvalue weighted by Crippen LogP contribution is -2.40. The van der Waals surface area contributed by atoms with Gasteiger partial charge >= 0.3 is 0 Å². The zero-order valence-electron chi connectivity index (χ0n) is 10.2. The van der Waals surface area contributed by atoms with E-state index in [-0.39, 0.29) is 6.04 Å². The summed E-state index contributed by atoms with van der Waals surface area (Å²) in [6.07, 6.45) is 2.03. The number of hydrogen-bond acceptors (Lipinski definition) is 2. The molecule has 0 radical (unpaired) electrons. The summed E-state index contributed by atoms with van der Waals surface area (Å²) < 4.78 is 6.63. The van der Waals surface area contributed by atoms with E-state index in [9.17, 15) is 0 Å². The molecular formula is C14H20BrNO. The van der Waals surface area contributed by atoms with Crippen molar-refractivity contribution < 1.29 is 4.74 Å². The Morgan fingerprint density at radius 2 is 2.24 bits per heavy atom. The van der Waals surface area contributed by atoms with E-state index in [1.807, 2.05) is 6.07 Å². The highest BCUT2D eigenvalue weighted by atomic mass is 79.9. The second-order valence-electron chi connectivity index (χ2n) is 4.96. The van der Waals surface area contributed by atoms with E-state index in [1.165, 1.54) is 5.56 Å². The van der Waals surface area contributed by atoms with Gasteiger partial charge in [0.2, 0.25) is 0 Å². The van der Waals surface area contributed by atoms with E-state index in [0.29, 0.717) is 11.8 Å². The molecule has 2 nitrogen and oxygen atoms in total. The molecule has 1 heterocycles. The molecule has 2 rings (SSSR count). The maximum atomic E-state index is 6.36. The number of nitrogens with two attached hydrogens (primary N) is 1. The summed E-state index contributed by atoms with van der Waals surface area (Å²) in [5, 5.41) is 0. The molecule has 3 heteroatoms. The summed E-state index contributed by atoms with van der Waals surface area (Å²) in [7, 11) is 0. The standard InChI is InChI=1S/C14H20BrNO/c1-10-9-17-7-6-12(10)14(16)8-11-4-2-3-5-13(11)15/h2-5,10,12,14H,6-9,16H2,1H3. The summed E-state index contributed by atoms with van der Waals surface area (Å²) in [6.45, 7) is 3.96. The molecule has 1 aliphatic rings. The van der Waals surface area contributed by atoms with Gasteiger partial charge in [-0.1, -0.05) is 41.1 Å². The third kappa shape index (κ3) is 3.30. The van der Waals surface area contributed by atoms with Crippen LogP contribution in [-0.2, 0) is 11.2 Å². The van der Waals surface area contributed by atoms with E-state index in [4.69, 9.17) is 10.5 Å². The molecule has 1 aromatic rings. The number of ether oxygens (including phenoxy) is 1. The zero-order chi connectivity index (χ0) is 12.3. The van der Waals surface area contributed by atoms with Gasteiger partial charge in [0, 0.05) is 23.7 Å². The first-order chi connectivity index (χ1) is 8.18. The van der Waals surface area contributed by atoms with Crippen molar-refractivity contribution in [2.75, 3.05) is 13.2 Å². The second-order valence-corrected chi connectivity index (χ2v) is 5.82. The predicted molar refractivity (Wildman–Crippen MR) is 73.9 cm³/mol. The van der Waals surface area contributed by atoms with Crippen LogP contribution in [0.25, 0.3) is 0 Å². The normalized spacial score (nSPS) is 26.8. The van der Waals surface area contributed by atoms with Gasteiger partial charge in [0.25, 0.3) is 0 Å². The topological polar surface area (TPSA) is 35.2 Å². The highest BCUT2D eigenvalue weighted by Gasteiger charge is 2.27. The highest BCUT2D eigenvalue weighted by Crippen LogP contribution is 2.27. The van der Waals surface area contributed by atoms with Gasteiger partial charge in [0.15, 0.2) is 0 Å². The van der Waals surface area contributed by atoms with Crippen molar-refractivity contribution in [2.45, 2.75) is 25.8 Å². The second kappa shape index (κ2) is 5.98. The van der Waals surface area contributed by atoms with Crippen LogP contribution >= 0.6 is 15.9 Å². The lowest BCUT2D eigenvalue weighted by atomic mass is 9.81. The number of halogens is 1. The van der Waals surface area contributed by atoms with E-state index in [1.54, 1.807) is 0 Å². The molecule has 1 saturated heterocycles. The molecule has 0 saturated carbocycles. The SMILES string of the molecule is CC1COCCC1C(N)Cc1ccccc1Br. The zero-order valence-corrected chi connectivity index (χ0v) is 11.8. The maximum Gasteiger partial charge on any atom is 0.0494 e. The molecule has 1 fully saturated rings. The molecule has 1 aromatic carbocycles. The van der Waals surface area contributed by atoms with Crippen molar-refractivity contribution >= 4 is 15.9 Å². The first-order valence-electron chi connectivity index (χ1n) is 6.25. The van der Waals surface area contributed by atoms with Gasteiger partial charge in [-0.15, -0.1) is 0 Å². The number of rotatable bonds is 3. The van der Waals surface area contributed by atoms with Crippen molar-refractivity contribution in [1.82, 2.24) is 0 Å². The molecular weight excluding hydrogens is 278 g/mol. The Morgan fingerprint density at radius 3 is 2.94 bits per heavy atom. The monoisotopic (exact) mass is 297 g/mol. The maximum absolute atomic E-state index is 6.36. The Morgan fingerprint density at radius 1 is 1.47 bits per heavy atom. The Hall–Kier alpha value is -0.380. The van der Waals surface area contributed by atoms with E-state index in [0.717, 1.165) is 30.5 Å². The van der Waals surface area contributed by atoms with Crippen molar-refractivity contribution in [2.24, 2.45) is 17.6 Å². The van der Waals surface area contributed by atoms with Crippen LogP contribution in [-0.4, -0.2) is 19.3 Å². The molecule has 3 unspecified atom stereocenters. The van der Waals surface area contributed by atoms with Gasteiger partial charge in [-0.3, -0.25) is 0 Å². The van der Waals surface area contributed by atoms with Crippen LogP contribution < -0.4 is 5.73 Å². The molecule has 0 aliphatic carbocycles. The minimum atomic E-state index is 0.229. The van der Waals surface area contributed by atoms with Crippen molar-refractivity contribution in [1.29, 1.82) is 0 Å². The van der Waals surface area contributed by atoms with Crippen LogP contribution in [0.2, 0.25) is 0 Å². The van der Waals surface area contributed by atoms with E-state index in [2.05, 4.69) is 41.1 Å². The van der Waals surface area contributed by atoms with Crippen LogP contribution in [0.5, 0.6) is 0 Å². The third-order valence-corrected chi connectivity index (χ3v) is 4.44. The molecule has 0 bridgehead atoms. The minimum Gasteiger partial charge on any atom is -0.381 e. The predicted octanol–water partition coefficient (Wildman–Crippen LogP) is 2.99. The van der Waals surface area contributed by atoms with E-state index < -0.39 is 0 Å². The average Bonchev–Trinajstić information content (AvgIpc) is 2.32. The molecule has 94 valence electrons. The largest absolute Gasteiger partial charge is 0.381 e. The van der Waals surface area contributed by atoms with Crippen molar-refractivity contribution in [3.8, 4) is 0 Å². The molecule has 0 spiro atoms. The lowest BCUT2D eigenvalue weighted by Gasteiger charge is -2.33. The van der Waals surface area contributed by atoms with Crippen LogP contribution in [0.3, 0.4) is 0 Å². The van der Waals surface area contributed by atoms with E-state index >= 15 is 0 Å². The number of hydrogen-bond donors (Lipinski definition) is 1. The molecule has 17 heavy (non-hydrogen) atoms. The average molecular weight is 298 g/mol. The fourth-order valence-corrected chi connectivity index (χ4v) is 3.05. The van der Waals surface area contributed by atoms with Crippen LogP contribution in [0.1, 0.15) is 18.9 Å². The van der Waals surface area contributed by atoms with Gasteiger partial charge in [-0.2, -0.15) is 0 Å². The summed E-state index contributed by atoms with van der Waals surface area (Å²) in [6, 6.07) is 8.56. The number of benzene rings is 1. The van der Waals surface area contributed by atoms with Gasteiger partial charge < -0.3 is 10.5 Å². The molecule has 0 aromatic heterocycles. The Kier molecular flexibility index (Phi) is 4.60. The van der Waals surface area contributed by atoms with Crippen LogP contribution in [0.4, 0.5) is 0 Å². The Labute approximate surface area is 112 Å². The Bertz CT molecular complexity index is 369. The Balaban J connectivity index is 2.01. The fourth-order valence-electron chi connectivity index (χ4n) is 2.60. The molecule has 3 atom stereocenters. The lowest BCUT2D eigenvalue weighted by molar-refractivity contribution is 0.0157. The fraction of sp³-hybridized carbons (Fsp3) is 0.571. The summed E-state index contributed by atoms with van der Waals surface area (Å²) in [4.78, 5) is 0. The van der Waals surface area contributed by atoms with Gasteiger partial charge in [-0.25, -0.2) is 0 Å². The van der Waals surface area contributed by atoms with Crippen LogP contribution in [0.15, 0.2) is 28.7 Å². The van der Waals surface area contributed by atoms with Crippen molar-refractivity contribution in [3.05, 3.63) is 34.3 Å². The van der Waals surface area contributed by atoms with Gasteiger partial charge in [-0.05, 0) is 36.3 Å². The summed E-state index contributed by atoms with van der Waals surface area (Å²) in [5.41, 5.74) is 7.67.